The van der Waals surface area contributed by atoms with Gasteiger partial charge in [-0.05, 0) is 106 Å². The minimum Gasteiger partial charge on any atom is -0.480 e. The lowest BCUT2D eigenvalue weighted by molar-refractivity contribution is -0.142. The number of aromatic nitrogens is 2. The molecule has 510 valence electrons. The van der Waals surface area contributed by atoms with Crippen molar-refractivity contribution in [2.75, 3.05) is 26.2 Å². The summed E-state index contributed by atoms with van der Waals surface area (Å²) in [5.74, 6) is -11.3. The van der Waals surface area contributed by atoms with Crippen LogP contribution < -0.4 is 94.1 Å². The number of carboxylic acid groups (broad SMARTS) is 1. The van der Waals surface area contributed by atoms with Gasteiger partial charge in [0.15, 0.2) is 17.9 Å². The number of rotatable bonds is 41. The number of H-pyrrole nitrogens is 2. The van der Waals surface area contributed by atoms with Crippen LogP contribution in [0.25, 0.3) is 21.8 Å². The number of fused-ring (bicyclic) bond motifs is 2. The third-order valence-corrected chi connectivity index (χ3v) is 15.0. The van der Waals surface area contributed by atoms with Crippen LogP contribution in [0.5, 0.6) is 0 Å². The Kier molecular flexibility index (Phi) is 30.8. The van der Waals surface area contributed by atoms with Crippen molar-refractivity contribution in [2.45, 2.75) is 159 Å². The fraction of sp³-hybridized carbons (Fsp3) is 0.517. The molecule has 33 nitrogen and oxygen atoms in total. The molecule has 4 aromatic rings. The standard InChI is InChI=1S/C60H94N22O11/c1-31(2)47(55(90)80-44(27-34-30-74-39-17-8-6-15-36(34)39)53(88)78-43(57(92)93)21-13-25-72-60(68)69)82-56(91)48(32(3)4)81-52(87)40(18-9-10-22-61)76-50(85)42(20-12-24-71-59(66)67)77-54(89)45(28-46(63)83)79-51(86)41(19-11-23-70-58(64)65)75-49(84)37(62)26-33-29-73-38-16-7-5-14-35(33)38/h5-8,14-17,29-32,37,40-45,47-48,73-74H,9-13,18-28,61-62H2,1-4H3,(H2,63,83)(H,75,84)(H,76,85)(H,77,89)(H,78,88)(H,79,86)(H,80,90)(H,81,87)(H,82,91)(H,92,93)(H4,64,65,70)(H4,66,67,71)(H4,68,69,72)/t37-,40-,41-,42-,43-,44-,45-,47-,48-/m0/s1. The molecular formula is C60H94N22O11. The first kappa shape index (κ1) is 75.4. The Hall–Kier alpha value is -10.1. The van der Waals surface area contributed by atoms with Crippen molar-refractivity contribution < 1.29 is 53.1 Å². The molecule has 0 saturated heterocycles. The van der Waals surface area contributed by atoms with E-state index in [1.807, 2.05) is 42.5 Å². The maximum atomic E-state index is 14.5. The van der Waals surface area contributed by atoms with Gasteiger partial charge in [0.05, 0.1) is 12.5 Å². The molecule has 33 heteroatoms. The van der Waals surface area contributed by atoms with Crippen LogP contribution in [0.3, 0.4) is 0 Å². The normalized spacial score (nSPS) is 14.1. The van der Waals surface area contributed by atoms with E-state index in [2.05, 4.69) is 67.5 Å². The lowest BCUT2D eigenvalue weighted by Crippen LogP contribution is -2.62. The number of unbranched alkanes of at least 4 members (excludes halogenated alkanes) is 1. The predicted octanol–water partition coefficient (Wildman–Crippen LogP) is -3.80. The summed E-state index contributed by atoms with van der Waals surface area (Å²) >= 11 is 0. The summed E-state index contributed by atoms with van der Waals surface area (Å²) in [6, 6.07) is 1.98. The Labute approximate surface area is 538 Å². The average molecular weight is 1300 g/mol. The topological polar surface area (TPSA) is 590 Å². The lowest BCUT2D eigenvalue weighted by atomic mass is 9.98. The maximum Gasteiger partial charge on any atom is 0.326 e. The number of amides is 9. The molecular weight excluding hydrogens is 1200 g/mol. The molecule has 0 aliphatic rings. The molecule has 0 aliphatic heterocycles. The van der Waals surface area contributed by atoms with Gasteiger partial charge in [-0.3, -0.25) is 58.1 Å². The molecule has 29 N–H and O–H groups in total. The molecule has 9 atom stereocenters. The number of hydrogen-bond donors (Lipinski definition) is 20. The quantitative estimate of drug-likeness (QED) is 0.0115. The molecule has 4 rings (SSSR count). The Balaban J connectivity index is 1.58. The van der Waals surface area contributed by atoms with Crippen molar-refractivity contribution in [1.82, 2.24) is 52.5 Å². The first-order valence-electron chi connectivity index (χ1n) is 30.8. The van der Waals surface area contributed by atoms with Crippen LogP contribution in [0.15, 0.2) is 75.9 Å². The number of aliphatic carboxylic acids is 1. The van der Waals surface area contributed by atoms with E-state index in [0.717, 1.165) is 27.4 Å². The molecule has 2 aromatic carbocycles. The minimum atomic E-state index is -1.74. The Morgan fingerprint density at radius 2 is 0.796 bits per heavy atom. The van der Waals surface area contributed by atoms with Crippen LogP contribution in [0.1, 0.15) is 103 Å². The van der Waals surface area contributed by atoms with Crippen LogP contribution in [-0.2, 0) is 60.8 Å². The second-order valence-electron chi connectivity index (χ2n) is 23.2. The number of carboxylic acids is 1. The number of nitrogens with zero attached hydrogens (tertiary/aromatic N) is 3. The van der Waals surface area contributed by atoms with Gasteiger partial charge in [0.25, 0.3) is 0 Å². The number of nitrogens with two attached hydrogens (primary N) is 9. The van der Waals surface area contributed by atoms with Crippen molar-refractivity contribution >= 4 is 98.8 Å². The summed E-state index contributed by atoms with van der Waals surface area (Å²) in [5, 5.41) is 32.7. The van der Waals surface area contributed by atoms with Gasteiger partial charge in [0.1, 0.15) is 48.3 Å². The number of para-hydroxylation sites is 2. The van der Waals surface area contributed by atoms with Gasteiger partial charge >= 0.3 is 5.97 Å². The Bertz CT molecular complexity index is 3280. The zero-order chi connectivity index (χ0) is 68.9. The highest BCUT2D eigenvalue weighted by Gasteiger charge is 2.37. The van der Waals surface area contributed by atoms with E-state index in [-0.39, 0.29) is 108 Å². The summed E-state index contributed by atoms with van der Waals surface area (Å²) in [6.07, 6.45) is 3.30. The first-order chi connectivity index (χ1) is 44.1. The SMILES string of the molecule is CC(C)[C@H](NC(=O)[C@H](CCCCN)NC(=O)[C@H](CCCN=C(N)N)NC(=O)[C@H](CC(N)=O)NC(=O)[C@H](CCCN=C(N)N)NC(=O)[C@@H](N)Cc1c[nH]c2ccccc12)C(=O)N[C@H](C(=O)N[C@@H](Cc1c[nH]c2ccccc12)C(=O)N[C@@H](CCCN=C(N)N)C(=O)O)C(C)C. The summed E-state index contributed by atoms with van der Waals surface area (Å²) in [7, 11) is 0. The third kappa shape index (κ3) is 25.3. The fourth-order valence-electron chi connectivity index (χ4n) is 10.0. The predicted molar refractivity (Wildman–Crippen MR) is 351 cm³/mol. The van der Waals surface area contributed by atoms with E-state index in [1.54, 1.807) is 46.2 Å². The highest BCUT2D eigenvalue weighted by atomic mass is 16.4. The van der Waals surface area contributed by atoms with Gasteiger partial charge in [-0.25, -0.2) is 4.79 Å². The van der Waals surface area contributed by atoms with Crippen molar-refractivity contribution in [3.8, 4) is 0 Å². The molecule has 0 bridgehead atoms. The number of aromatic amines is 2. The van der Waals surface area contributed by atoms with Crippen molar-refractivity contribution in [3.05, 3.63) is 72.1 Å². The van der Waals surface area contributed by atoms with Crippen molar-refractivity contribution in [1.29, 1.82) is 0 Å². The van der Waals surface area contributed by atoms with Crippen LogP contribution in [0.4, 0.5) is 0 Å². The van der Waals surface area contributed by atoms with E-state index in [1.165, 1.54) is 0 Å². The number of hydrogen-bond acceptors (Lipinski definition) is 15. The molecule has 0 saturated carbocycles. The molecule has 9 amide bonds. The highest BCUT2D eigenvalue weighted by molar-refractivity contribution is 5.99. The zero-order valence-corrected chi connectivity index (χ0v) is 53.0. The van der Waals surface area contributed by atoms with Crippen LogP contribution >= 0.6 is 0 Å². The van der Waals surface area contributed by atoms with E-state index < -0.39 is 132 Å². The summed E-state index contributed by atoms with van der Waals surface area (Å²) in [5.41, 5.74) is 53.7. The van der Waals surface area contributed by atoms with E-state index >= 15 is 0 Å². The fourth-order valence-corrected chi connectivity index (χ4v) is 10.0. The zero-order valence-electron chi connectivity index (χ0n) is 53.0. The molecule has 2 heterocycles. The van der Waals surface area contributed by atoms with Gasteiger partial charge in [-0.1, -0.05) is 64.1 Å². The number of benzene rings is 2. The molecule has 0 fully saturated rings. The van der Waals surface area contributed by atoms with Crippen LogP contribution in [0, 0.1) is 11.8 Å². The van der Waals surface area contributed by atoms with E-state index in [9.17, 15) is 53.1 Å². The largest absolute Gasteiger partial charge is 0.480 e. The van der Waals surface area contributed by atoms with Gasteiger partial charge in [-0.2, -0.15) is 0 Å². The van der Waals surface area contributed by atoms with Gasteiger partial charge in [0.2, 0.25) is 53.2 Å². The maximum absolute atomic E-state index is 14.5. The second-order valence-corrected chi connectivity index (χ2v) is 23.2. The highest BCUT2D eigenvalue weighted by Crippen LogP contribution is 2.21. The van der Waals surface area contributed by atoms with Gasteiger partial charge in [0, 0.05) is 60.3 Å². The van der Waals surface area contributed by atoms with Crippen LogP contribution in [-0.4, -0.2) is 173 Å². The molecule has 0 unspecified atom stereocenters. The summed E-state index contributed by atoms with van der Waals surface area (Å²) in [4.78, 5) is 157. The molecule has 0 aliphatic carbocycles. The van der Waals surface area contributed by atoms with Gasteiger partial charge < -0.3 is 109 Å². The number of primary amides is 1. The summed E-state index contributed by atoms with van der Waals surface area (Å²) in [6.45, 7) is 6.85. The summed E-state index contributed by atoms with van der Waals surface area (Å²) < 4.78 is 0. The molecule has 93 heavy (non-hydrogen) atoms. The first-order valence-corrected chi connectivity index (χ1v) is 30.8. The number of aliphatic imine (C=N–C) groups is 3. The minimum absolute atomic E-state index is 0.0278. The smallest absolute Gasteiger partial charge is 0.326 e. The third-order valence-electron chi connectivity index (χ3n) is 15.0. The van der Waals surface area contributed by atoms with Crippen LogP contribution in [0.2, 0.25) is 0 Å². The molecule has 0 radical (unpaired) electrons. The van der Waals surface area contributed by atoms with E-state index in [4.69, 9.17) is 51.6 Å². The average Bonchev–Trinajstić information content (AvgIpc) is 1.57. The number of carbonyl (C=O) groups is 10. The number of nitrogens with one attached hydrogen (secondary N) is 10. The second kappa shape index (κ2) is 38.0. The monoisotopic (exact) mass is 1300 g/mol. The van der Waals surface area contributed by atoms with Crippen molar-refractivity contribution in [2.24, 2.45) is 78.4 Å². The molecule has 2 aromatic heterocycles. The van der Waals surface area contributed by atoms with E-state index in [0.29, 0.717) is 12.0 Å². The lowest BCUT2D eigenvalue weighted by Gasteiger charge is -2.30. The molecule has 0 spiro atoms. The Morgan fingerprint density at radius 3 is 1.24 bits per heavy atom. The number of guanidine groups is 3. The number of carbonyl (C=O) groups excluding carboxylic acids is 9. The van der Waals surface area contributed by atoms with Crippen molar-refractivity contribution in [3.63, 3.8) is 0 Å². The van der Waals surface area contributed by atoms with Gasteiger partial charge in [-0.15, -0.1) is 0 Å². The Morgan fingerprint density at radius 1 is 0.441 bits per heavy atom.